The van der Waals surface area contributed by atoms with E-state index < -0.39 is 0 Å². The number of hydrogen-bond donors (Lipinski definition) is 0. The van der Waals surface area contributed by atoms with Crippen molar-refractivity contribution in [2.24, 2.45) is 11.8 Å². The first kappa shape index (κ1) is 9.05. The SMILES string of the molecule is CCC1CCC2CCCC=CC=C12. The fourth-order valence-corrected chi connectivity index (χ4v) is 2.85. The molecule has 0 aromatic rings. The van der Waals surface area contributed by atoms with Crippen LogP contribution < -0.4 is 0 Å². The molecule has 0 radical (unpaired) electrons. The molecule has 0 heterocycles. The van der Waals surface area contributed by atoms with Gasteiger partial charge in [-0.15, -0.1) is 0 Å². The molecule has 13 heavy (non-hydrogen) atoms. The summed E-state index contributed by atoms with van der Waals surface area (Å²) in [5, 5.41) is 0. The van der Waals surface area contributed by atoms with Gasteiger partial charge in [-0.2, -0.15) is 0 Å². The van der Waals surface area contributed by atoms with Crippen LogP contribution in [-0.4, -0.2) is 0 Å². The van der Waals surface area contributed by atoms with Crippen LogP contribution in [0.1, 0.15) is 45.4 Å². The molecule has 2 aliphatic carbocycles. The van der Waals surface area contributed by atoms with Crippen molar-refractivity contribution in [2.45, 2.75) is 45.4 Å². The molecule has 0 heteroatoms. The van der Waals surface area contributed by atoms with Gasteiger partial charge in [-0.1, -0.05) is 30.7 Å². The summed E-state index contributed by atoms with van der Waals surface area (Å²) in [6.45, 7) is 2.33. The molecule has 0 saturated heterocycles. The molecule has 72 valence electrons. The van der Waals surface area contributed by atoms with E-state index in [0.717, 1.165) is 11.8 Å². The van der Waals surface area contributed by atoms with Gasteiger partial charge in [0, 0.05) is 0 Å². The molecular weight excluding hydrogens is 156 g/mol. The monoisotopic (exact) mass is 176 g/mol. The molecule has 0 N–H and O–H groups in total. The normalized spacial score (nSPS) is 33.5. The van der Waals surface area contributed by atoms with Crippen molar-refractivity contribution in [3.8, 4) is 0 Å². The average Bonchev–Trinajstić information content (AvgIpc) is 2.46. The largest absolute Gasteiger partial charge is 0.0845 e. The lowest BCUT2D eigenvalue weighted by Gasteiger charge is -2.16. The van der Waals surface area contributed by atoms with E-state index >= 15 is 0 Å². The molecule has 0 bridgehead atoms. The Morgan fingerprint density at radius 1 is 1.31 bits per heavy atom. The standard InChI is InChI=1S/C13H20/c1-2-11-9-10-12-7-5-3-4-6-8-13(11)12/h4,6,8,11-12H,2-3,5,7,9-10H2,1H3. The fourth-order valence-electron chi connectivity index (χ4n) is 2.85. The summed E-state index contributed by atoms with van der Waals surface area (Å²) in [6, 6.07) is 0. The van der Waals surface area contributed by atoms with Gasteiger partial charge in [-0.25, -0.2) is 0 Å². The van der Waals surface area contributed by atoms with Gasteiger partial charge in [0.25, 0.3) is 0 Å². The summed E-state index contributed by atoms with van der Waals surface area (Å²) in [5.74, 6) is 1.85. The van der Waals surface area contributed by atoms with Crippen molar-refractivity contribution in [1.29, 1.82) is 0 Å². The Bertz CT molecular complexity index is 222. The van der Waals surface area contributed by atoms with Crippen molar-refractivity contribution in [3.63, 3.8) is 0 Å². The Hall–Kier alpha value is -0.520. The second kappa shape index (κ2) is 4.13. The lowest BCUT2D eigenvalue weighted by Crippen LogP contribution is -2.02. The molecule has 0 aromatic carbocycles. The first-order valence-electron chi connectivity index (χ1n) is 5.78. The van der Waals surface area contributed by atoms with Gasteiger partial charge in [0.1, 0.15) is 0 Å². The zero-order chi connectivity index (χ0) is 9.10. The van der Waals surface area contributed by atoms with Crippen LogP contribution in [-0.2, 0) is 0 Å². The molecule has 2 atom stereocenters. The van der Waals surface area contributed by atoms with Gasteiger partial charge in [-0.3, -0.25) is 0 Å². The lowest BCUT2D eigenvalue weighted by atomic mass is 9.89. The molecule has 1 fully saturated rings. The molecule has 0 amide bonds. The minimum Gasteiger partial charge on any atom is -0.0845 e. The Morgan fingerprint density at radius 2 is 2.23 bits per heavy atom. The van der Waals surface area contributed by atoms with E-state index in [1.54, 1.807) is 5.57 Å². The predicted molar refractivity (Wildman–Crippen MR) is 57.6 cm³/mol. The van der Waals surface area contributed by atoms with Crippen molar-refractivity contribution in [2.75, 3.05) is 0 Å². The van der Waals surface area contributed by atoms with Crippen molar-refractivity contribution >= 4 is 0 Å². The molecule has 0 nitrogen and oxygen atoms in total. The summed E-state index contributed by atoms with van der Waals surface area (Å²) >= 11 is 0. The van der Waals surface area contributed by atoms with Crippen LogP contribution in [0.15, 0.2) is 23.8 Å². The van der Waals surface area contributed by atoms with Crippen LogP contribution in [0, 0.1) is 11.8 Å². The van der Waals surface area contributed by atoms with Crippen molar-refractivity contribution < 1.29 is 0 Å². The third-order valence-electron chi connectivity index (χ3n) is 3.65. The minimum absolute atomic E-state index is 0.910. The highest BCUT2D eigenvalue weighted by atomic mass is 14.3. The molecule has 0 aromatic heterocycles. The Labute approximate surface area is 81.7 Å². The van der Waals surface area contributed by atoms with Crippen molar-refractivity contribution in [3.05, 3.63) is 23.8 Å². The van der Waals surface area contributed by atoms with Gasteiger partial charge in [0.2, 0.25) is 0 Å². The number of fused-ring (bicyclic) bond motifs is 1. The van der Waals surface area contributed by atoms with Crippen LogP contribution >= 0.6 is 0 Å². The van der Waals surface area contributed by atoms with E-state index in [2.05, 4.69) is 25.2 Å². The summed E-state index contributed by atoms with van der Waals surface area (Å²) in [6.07, 6.45) is 15.4. The molecule has 1 saturated carbocycles. The van der Waals surface area contributed by atoms with Crippen LogP contribution in [0.4, 0.5) is 0 Å². The number of rotatable bonds is 1. The van der Waals surface area contributed by atoms with Gasteiger partial charge in [-0.05, 0) is 50.4 Å². The number of hydrogen-bond acceptors (Lipinski definition) is 0. The molecule has 2 unspecified atom stereocenters. The van der Waals surface area contributed by atoms with Crippen LogP contribution in [0.2, 0.25) is 0 Å². The molecule has 2 rings (SSSR count). The first-order chi connectivity index (χ1) is 6.42. The average molecular weight is 176 g/mol. The number of allylic oxidation sites excluding steroid dienone is 4. The van der Waals surface area contributed by atoms with Crippen LogP contribution in [0.3, 0.4) is 0 Å². The van der Waals surface area contributed by atoms with E-state index in [1.165, 1.54) is 38.5 Å². The topological polar surface area (TPSA) is 0 Å². The van der Waals surface area contributed by atoms with Gasteiger partial charge < -0.3 is 0 Å². The van der Waals surface area contributed by atoms with Gasteiger partial charge in [0.15, 0.2) is 0 Å². The summed E-state index contributed by atoms with van der Waals surface area (Å²) in [4.78, 5) is 0. The van der Waals surface area contributed by atoms with Crippen LogP contribution in [0.5, 0.6) is 0 Å². The molecule has 0 spiro atoms. The Morgan fingerprint density at radius 3 is 3.08 bits per heavy atom. The van der Waals surface area contributed by atoms with Gasteiger partial charge in [0.05, 0.1) is 0 Å². The molecular formula is C13H20. The third kappa shape index (κ3) is 1.87. The maximum atomic E-state index is 2.41. The highest BCUT2D eigenvalue weighted by molar-refractivity contribution is 5.22. The molecule has 2 aliphatic rings. The quantitative estimate of drug-likeness (QED) is 0.564. The van der Waals surface area contributed by atoms with Gasteiger partial charge >= 0.3 is 0 Å². The summed E-state index contributed by atoms with van der Waals surface area (Å²) in [7, 11) is 0. The van der Waals surface area contributed by atoms with Crippen LogP contribution in [0.25, 0.3) is 0 Å². The predicted octanol–water partition coefficient (Wildman–Crippen LogP) is 4.09. The Balaban J connectivity index is 2.16. The zero-order valence-corrected chi connectivity index (χ0v) is 8.63. The second-order valence-corrected chi connectivity index (χ2v) is 4.41. The highest BCUT2D eigenvalue weighted by Crippen LogP contribution is 2.41. The second-order valence-electron chi connectivity index (χ2n) is 4.41. The first-order valence-corrected chi connectivity index (χ1v) is 5.78. The third-order valence-corrected chi connectivity index (χ3v) is 3.65. The summed E-state index contributed by atoms with van der Waals surface area (Å²) in [5.41, 5.74) is 1.76. The maximum Gasteiger partial charge on any atom is -0.0197 e. The zero-order valence-electron chi connectivity index (χ0n) is 8.63. The highest BCUT2D eigenvalue weighted by Gasteiger charge is 2.28. The smallest absolute Gasteiger partial charge is 0.0197 e. The van der Waals surface area contributed by atoms with E-state index in [4.69, 9.17) is 0 Å². The van der Waals surface area contributed by atoms with E-state index in [9.17, 15) is 0 Å². The van der Waals surface area contributed by atoms with E-state index in [0.29, 0.717) is 0 Å². The van der Waals surface area contributed by atoms with E-state index in [-0.39, 0.29) is 0 Å². The fraction of sp³-hybridized carbons (Fsp3) is 0.692. The molecule has 0 aliphatic heterocycles. The Kier molecular flexibility index (Phi) is 2.87. The maximum absolute atomic E-state index is 2.41. The minimum atomic E-state index is 0.910. The lowest BCUT2D eigenvalue weighted by molar-refractivity contribution is 0.546. The van der Waals surface area contributed by atoms with Crippen molar-refractivity contribution in [1.82, 2.24) is 0 Å². The summed E-state index contributed by atoms with van der Waals surface area (Å²) < 4.78 is 0. The van der Waals surface area contributed by atoms with E-state index in [1.807, 2.05) is 0 Å².